The van der Waals surface area contributed by atoms with Crippen LogP contribution in [0.2, 0.25) is 5.02 Å². The molecule has 12 aliphatic carbocycles. The number of carbonyl (C=O) groups is 2. The van der Waals surface area contributed by atoms with E-state index in [1.807, 2.05) is 72.8 Å². The first-order chi connectivity index (χ1) is 49.9. The Labute approximate surface area is 650 Å². The maximum Gasteiger partial charge on any atom is 0.135 e. The molecule has 576 valence electrons. The number of rotatable bonds is 19. The van der Waals surface area contributed by atoms with E-state index in [9.17, 15) is 19.8 Å². The van der Waals surface area contributed by atoms with Crippen molar-refractivity contribution in [3.63, 3.8) is 0 Å². The number of alkyl halides is 2. The van der Waals surface area contributed by atoms with Crippen LogP contribution in [0.5, 0.6) is 11.5 Å². The molecule has 0 spiro atoms. The number of halogens is 4. The van der Waals surface area contributed by atoms with Crippen molar-refractivity contribution < 1.29 is 39.5 Å². The standard InChI is InChI=1S/C20H25ClN2O.C18H31NO2.C15H24BrNO.C14H19NO2.C10H15Br.C5H9NO.C3H7BrO/c21-17-7-9-18(10-8-17)22-19-11-14-23(15-12-19)13-4-16-24-20-5-2-1-3-6-20;20-7-1-4-19-5-2-18(21,3-6-19)17-11-14-8-15(12-17)10-16(9-14)13-17;16-17-3-1-15(18,2-4-17)14-8-11-5-12(9-14)7-13(6-11)10-14;16-13-7-10-15(11-8-13)9-4-12-17-14-5-2-1-3-6-14;11-10-4-7-1-8(5-10)3-9(2-7)6-10;7-5-1-3-6-4-2-5;4-2-1-3-5/h1-3,5-10,19,22H,4,11-16H2;14-16,20-21H,1-13H2;11-13,18H,1-10H2;1-3,5-6H,4,7-12H2;7-9H,1-6H2;6H,1-4H2;5H,1-3H2. The molecule has 5 heterocycles. The van der Waals surface area contributed by atoms with E-state index in [1.54, 1.807) is 19.3 Å². The highest BCUT2D eigenvalue weighted by Crippen LogP contribution is 2.67. The van der Waals surface area contributed by atoms with Gasteiger partial charge >= 0.3 is 0 Å². The van der Waals surface area contributed by atoms with Gasteiger partial charge in [0.15, 0.2) is 0 Å². The molecule has 20 rings (SSSR count). The minimum absolute atomic E-state index is 0.269. The van der Waals surface area contributed by atoms with Crippen molar-refractivity contribution in [1.29, 1.82) is 0 Å². The predicted molar refractivity (Wildman–Crippen MR) is 429 cm³/mol. The van der Waals surface area contributed by atoms with Gasteiger partial charge in [-0.3, -0.25) is 9.59 Å². The van der Waals surface area contributed by atoms with Gasteiger partial charge in [0.05, 0.1) is 24.4 Å². The number of benzene rings is 3. The Hall–Kier alpha value is -2.23. The average Bonchev–Trinajstić information content (AvgIpc) is 0.865. The third kappa shape index (κ3) is 24.1. The Morgan fingerprint density at radius 3 is 1.21 bits per heavy atom. The van der Waals surface area contributed by atoms with Crippen molar-refractivity contribution in [1.82, 2.24) is 23.9 Å². The Kier molecular flexibility index (Phi) is 31.8. The highest BCUT2D eigenvalue weighted by molar-refractivity contribution is 9.10. The molecule has 0 amide bonds. The van der Waals surface area contributed by atoms with Crippen molar-refractivity contribution in [2.45, 2.75) is 227 Å². The fourth-order valence-corrected chi connectivity index (χ4v) is 24.7. The van der Waals surface area contributed by atoms with E-state index >= 15 is 0 Å². The van der Waals surface area contributed by atoms with Crippen LogP contribution in [-0.4, -0.2) is 189 Å². The van der Waals surface area contributed by atoms with Gasteiger partial charge < -0.3 is 55.2 Å². The molecule has 5 saturated heterocycles. The summed E-state index contributed by atoms with van der Waals surface area (Å²) in [5, 5.41) is 48.2. The van der Waals surface area contributed by atoms with E-state index in [-0.39, 0.29) is 17.6 Å². The van der Waals surface area contributed by atoms with Crippen LogP contribution < -0.4 is 20.1 Å². The number of hydrogen-bond donors (Lipinski definition) is 6. The number of likely N-dealkylation sites (tertiary alicyclic amines) is 3. The smallest absolute Gasteiger partial charge is 0.135 e. The van der Waals surface area contributed by atoms with Gasteiger partial charge in [0.1, 0.15) is 23.1 Å². The molecule has 6 N–H and O–H groups in total. The summed E-state index contributed by atoms with van der Waals surface area (Å²) in [6.45, 7) is 15.2. The van der Waals surface area contributed by atoms with Gasteiger partial charge in [-0.15, -0.1) is 0 Å². The third-order valence-electron chi connectivity index (χ3n) is 26.8. The molecule has 3 aromatic rings. The number of nitrogens with one attached hydrogen (secondary N) is 2. The second-order valence-corrected chi connectivity index (χ2v) is 38.5. The molecule has 12 saturated carbocycles. The first-order valence-corrected chi connectivity index (χ1v) is 44.0. The first-order valence-electron chi connectivity index (χ1n) is 41.0. The van der Waals surface area contributed by atoms with Gasteiger partial charge in [0.2, 0.25) is 0 Å². The minimum Gasteiger partial charge on any atom is -0.494 e. The zero-order valence-electron chi connectivity index (χ0n) is 62.4. The van der Waals surface area contributed by atoms with Crippen LogP contribution in [0.3, 0.4) is 0 Å². The molecule has 0 unspecified atom stereocenters. The Balaban J connectivity index is 0.000000126. The largest absolute Gasteiger partial charge is 0.494 e. The normalized spacial score (nSPS) is 33.0. The van der Waals surface area contributed by atoms with E-state index in [4.69, 9.17) is 31.3 Å². The highest BCUT2D eigenvalue weighted by atomic mass is 79.9. The molecule has 17 aliphatic rings. The molecule has 103 heavy (non-hydrogen) atoms. The fourth-order valence-electron chi connectivity index (χ4n) is 22.6. The van der Waals surface area contributed by atoms with Crippen molar-refractivity contribution >= 4 is 76.9 Å². The molecule has 12 bridgehead atoms. The molecular weight excluding hydrogens is 1510 g/mol. The number of carbonyl (C=O) groups excluding carboxylic acids is 2. The van der Waals surface area contributed by atoms with E-state index < -0.39 is 5.60 Å². The summed E-state index contributed by atoms with van der Waals surface area (Å²) >= 11 is 16.6. The number of aliphatic hydroxyl groups is 4. The summed E-state index contributed by atoms with van der Waals surface area (Å²) < 4.78 is 14.2. The zero-order valence-corrected chi connectivity index (χ0v) is 67.9. The predicted octanol–water partition coefficient (Wildman–Crippen LogP) is 16.6. The van der Waals surface area contributed by atoms with Gasteiger partial charge in [-0.1, -0.05) is 79.9 Å². The molecule has 0 radical (unpaired) electrons. The second-order valence-electron chi connectivity index (χ2n) is 34.6. The Morgan fingerprint density at radius 2 is 0.845 bits per heavy atom. The van der Waals surface area contributed by atoms with Crippen molar-refractivity contribution in [3.8, 4) is 11.5 Å². The molecule has 14 nitrogen and oxygen atoms in total. The lowest BCUT2D eigenvalue weighted by Gasteiger charge is -2.63. The number of para-hydroxylation sites is 2. The van der Waals surface area contributed by atoms with Gasteiger partial charge in [0.25, 0.3) is 0 Å². The van der Waals surface area contributed by atoms with Crippen LogP contribution in [-0.2, 0) is 9.59 Å². The van der Waals surface area contributed by atoms with E-state index in [2.05, 4.69) is 89.4 Å². The number of hydrogen-bond acceptors (Lipinski definition) is 14. The van der Waals surface area contributed by atoms with E-state index in [1.165, 1.54) is 109 Å². The summed E-state index contributed by atoms with van der Waals surface area (Å²) in [7, 11) is 0. The van der Waals surface area contributed by atoms with Gasteiger partial charge in [0, 0.05) is 177 Å². The van der Waals surface area contributed by atoms with Crippen LogP contribution in [0.15, 0.2) is 84.9 Å². The molecule has 0 atom stereocenters. The van der Waals surface area contributed by atoms with E-state index in [0.717, 1.165) is 256 Å². The fraction of sp³-hybridized carbons (Fsp3) is 0.765. The van der Waals surface area contributed by atoms with Gasteiger partial charge in [-0.25, -0.2) is 3.93 Å². The molecule has 18 heteroatoms. The number of piperidine rings is 5. The van der Waals surface area contributed by atoms with Crippen molar-refractivity contribution in [3.05, 3.63) is 90.0 Å². The number of Topliss-reactive ketones (excluding diaryl/α,β-unsaturated/α-hetero) is 2. The number of nitrogens with zero attached hydrogens (tertiary/aromatic N) is 4. The maximum absolute atomic E-state index is 11.5. The molecule has 5 aliphatic heterocycles. The first kappa shape index (κ1) is 81.7. The lowest BCUT2D eigenvalue weighted by Crippen LogP contribution is -2.61. The average molecular weight is 1640 g/mol. The summed E-state index contributed by atoms with van der Waals surface area (Å²) in [5.41, 5.74) is 0.987. The van der Waals surface area contributed by atoms with Crippen LogP contribution in [0.25, 0.3) is 0 Å². The number of ketones is 2. The second kappa shape index (κ2) is 40.1. The zero-order chi connectivity index (χ0) is 72.1. The summed E-state index contributed by atoms with van der Waals surface area (Å²) in [4.78, 5) is 28.8. The van der Waals surface area contributed by atoms with Gasteiger partial charge in [-0.05, 0) is 282 Å². The summed E-state index contributed by atoms with van der Waals surface area (Å²) in [5.74, 6) is 11.6. The Morgan fingerprint density at radius 1 is 0.476 bits per heavy atom. The lowest BCUT2D eigenvalue weighted by atomic mass is 9.44. The molecular formula is C85H130Br3ClN6O8. The number of anilines is 1. The highest BCUT2D eigenvalue weighted by Gasteiger charge is 2.62. The molecule has 17 fully saturated rings. The quantitative estimate of drug-likeness (QED) is 0.0381. The van der Waals surface area contributed by atoms with Crippen LogP contribution in [0, 0.1) is 64.1 Å². The molecule has 3 aromatic carbocycles. The van der Waals surface area contributed by atoms with Crippen molar-refractivity contribution in [2.75, 3.05) is 122 Å². The third-order valence-corrected chi connectivity index (χ3v) is 29.3. The summed E-state index contributed by atoms with van der Waals surface area (Å²) in [6.07, 6.45) is 38.8. The van der Waals surface area contributed by atoms with Crippen LogP contribution in [0.1, 0.15) is 205 Å². The molecule has 0 aromatic heterocycles. The van der Waals surface area contributed by atoms with Crippen molar-refractivity contribution in [2.24, 2.45) is 64.1 Å². The maximum atomic E-state index is 11.5. The van der Waals surface area contributed by atoms with Crippen LogP contribution >= 0.6 is 59.6 Å². The van der Waals surface area contributed by atoms with E-state index in [0.29, 0.717) is 34.0 Å². The SMILES string of the molecule is BrC12CC3CC(CC(C3)C1)C2.Clc1ccc(NC2CCN(CCCOc3ccccc3)CC2)cc1.O=C1CCN(CCCOc2ccccc2)CC1.O=C1CCNCC1.OC1(C23CC4CC(CC(C4)C2)C3)CCN(Br)CC1.OCCCBr.OCCCN1CCC(O)(C23CC4CC(CC(C4)C2)C3)CC1. The van der Waals surface area contributed by atoms with Gasteiger partial charge in [-0.2, -0.15) is 0 Å². The number of aliphatic hydroxyl groups excluding tert-OH is 2. The topological polar surface area (TPSA) is 171 Å². The monoisotopic (exact) mass is 1630 g/mol. The Bertz CT molecular complexity index is 2840. The lowest BCUT2D eigenvalue weighted by molar-refractivity contribution is -0.196. The number of ether oxygens (including phenoxy) is 2. The minimum atomic E-state index is -0.390. The van der Waals surface area contributed by atoms with Crippen LogP contribution in [0.4, 0.5) is 5.69 Å². The summed E-state index contributed by atoms with van der Waals surface area (Å²) in [6, 6.07) is 28.5.